The minimum Gasteiger partial charge on any atom is -0.459 e. The van der Waals surface area contributed by atoms with Crippen molar-refractivity contribution in [3.8, 4) is 10.4 Å². The maximum Gasteiger partial charge on any atom is 0.326 e. The van der Waals surface area contributed by atoms with Crippen LogP contribution in [0.5, 0.6) is 0 Å². The zero-order valence-corrected chi connectivity index (χ0v) is 17.8. The number of esters is 1. The Bertz CT molecular complexity index is 827. The van der Waals surface area contributed by atoms with Crippen molar-refractivity contribution in [1.29, 1.82) is 0 Å². The number of hydrogen-bond acceptors (Lipinski definition) is 5. The molecule has 0 saturated heterocycles. The van der Waals surface area contributed by atoms with E-state index in [1.165, 1.54) is 22.3 Å². The number of amides is 1. The minimum absolute atomic E-state index is 0.128. The number of thiophene rings is 1. The van der Waals surface area contributed by atoms with E-state index in [4.69, 9.17) is 4.74 Å². The number of nitrogens with zero attached hydrogens (tertiary/aromatic N) is 2. The van der Waals surface area contributed by atoms with Crippen molar-refractivity contribution < 1.29 is 18.7 Å². The summed E-state index contributed by atoms with van der Waals surface area (Å²) in [5, 5.41) is 0. The second kappa shape index (κ2) is 9.30. The van der Waals surface area contributed by atoms with Gasteiger partial charge in [0.2, 0.25) is 0 Å². The second-order valence-corrected chi connectivity index (χ2v) is 8.84. The van der Waals surface area contributed by atoms with Gasteiger partial charge in [0.1, 0.15) is 18.0 Å². The Hall–Kier alpha value is -2.25. The molecule has 0 saturated carbocycles. The van der Waals surface area contributed by atoms with Crippen LogP contribution in [0, 0.1) is 5.82 Å². The van der Waals surface area contributed by atoms with Crippen molar-refractivity contribution in [2.45, 2.75) is 26.4 Å². The molecule has 152 valence electrons. The quantitative estimate of drug-likeness (QED) is 0.655. The molecule has 0 fully saturated rings. The molecule has 2 rings (SSSR count). The summed E-state index contributed by atoms with van der Waals surface area (Å²) >= 11 is 1.21. The van der Waals surface area contributed by atoms with Gasteiger partial charge in [0.15, 0.2) is 0 Å². The normalized spacial score (nSPS) is 11.5. The number of rotatable bonds is 7. The Morgan fingerprint density at radius 2 is 1.75 bits per heavy atom. The number of ether oxygens (including phenoxy) is 1. The molecule has 1 aromatic carbocycles. The monoisotopic (exact) mass is 406 g/mol. The summed E-state index contributed by atoms with van der Waals surface area (Å²) in [5.74, 6) is -1.05. The van der Waals surface area contributed by atoms with E-state index in [1.807, 2.05) is 19.0 Å². The molecule has 1 heterocycles. The van der Waals surface area contributed by atoms with Crippen molar-refractivity contribution in [3.63, 3.8) is 0 Å². The molecule has 7 heteroatoms. The topological polar surface area (TPSA) is 49.9 Å². The first-order chi connectivity index (χ1) is 13.1. The molecular weight excluding hydrogens is 379 g/mol. The summed E-state index contributed by atoms with van der Waals surface area (Å²) in [6.07, 6.45) is 0. The van der Waals surface area contributed by atoms with Gasteiger partial charge in [-0.15, -0.1) is 11.3 Å². The predicted molar refractivity (Wildman–Crippen MR) is 110 cm³/mol. The second-order valence-electron chi connectivity index (χ2n) is 7.76. The van der Waals surface area contributed by atoms with E-state index in [9.17, 15) is 14.0 Å². The minimum atomic E-state index is -0.617. The molecule has 0 spiro atoms. The van der Waals surface area contributed by atoms with Crippen molar-refractivity contribution in [1.82, 2.24) is 9.80 Å². The number of benzene rings is 1. The highest BCUT2D eigenvalue weighted by Gasteiger charge is 2.24. The molecule has 0 aliphatic carbocycles. The molecule has 1 amide bonds. The summed E-state index contributed by atoms with van der Waals surface area (Å²) in [6.45, 7) is 6.24. The zero-order chi connectivity index (χ0) is 20.9. The lowest BCUT2D eigenvalue weighted by atomic mass is 10.2. The standard InChI is InChI=1S/C21H27FN2O3S/c1-21(2,3)27-19(25)14-24(13-12-23(4)5)20(26)18-11-10-17(28-18)15-8-6-7-9-16(15)22/h6-11H,12-14H2,1-5H3. The van der Waals surface area contributed by atoms with Crippen LogP contribution in [0.1, 0.15) is 30.4 Å². The maximum absolute atomic E-state index is 14.0. The predicted octanol–water partition coefficient (Wildman–Crippen LogP) is 3.90. The van der Waals surface area contributed by atoms with Crippen molar-refractivity contribution in [3.05, 3.63) is 47.1 Å². The Morgan fingerprint density at radius 3 is 2.36 bits per heavy atom. The van der Waals surface area contributed by atoms with Gasteiger partial charge in [0, 0.05) is 23.5 Å². The van der Waals surface area contributed by atoms with Gasteiger partial charge in [0.25, 0.3) is 5.91 Å². The van der Waals surface area contributed by atoms with Gasteiger partial charge in [-0.1, -0.05) is 18.2 Å². The van der Waals surface area contributed by atoms with Crippen LogP contribution in [-0.4, -0.2) is 61.0 Å². The van der Waals surface area contributed by atoms with Gasteiger partial charge in [-0.2, -0.15) is 0 Å². The summed E-state index contributed by atoms with van der Waals surface area (Å²) in [6, 6.07) is 9.86. The van der Waals surface area contributed by atoms with E-state index < -0.39 is 11.6 Å². The molecule has 0 aliphatic heterocycles. The highest BCUT2D eigenvalue weighted by atomic mass is 32.1. The SMILES string of the molecule is CN(C)CCN(CC(=O)OC(C)(C)C)C(=O)c1ccc(-c2ccccc2F)s1. The van der Waals surface area contributed by atoms with Crippen LogP contribution in [0.4, 0.5) is 4.39 Å². The number of hydrogen-bond donors (Lipinski definition) is 0. The van der Waals surface area contributed by atoms with E-state index in [2.05, 4.69) is 0 Å². The van der Waals surface area contributed by atoms with Gasteiger partial charge in [-0.25, -0.2) is 4.39 Å². The first-order valence-corrected chi connectivity index (χ1v) is 9.89. The molecule has 2 aromatic rings. The molecule has 5 nitrogen and oxygen atoms in total. The average Bonchev–Trinajstić information content (AvgIpc) is 3.06. The highest BCUT2D eigenvalue weighted by Crippen LogP contribution is 2.30. The lowest BCUT2D eigenvalue weighted by Gasteiger charge is -2.26. The van der Waals surface area contributed by atoms with Gasteiger partial charge >= 0.3 is 5.97 Å². The van der Waals surface area contributed by atoms with Crippen molar-refractivity contribution >= 4 is 23.2 Å². The molecule has 0 bridgehead atoms. The first kappa shape index (κ1) is 22.0. The lowest BCUT2D eigenvalue weighted by molar-refractivity contribution is -0.155. The van der Waals surface area contributed by atoms with E-state index in [1.54, 1.807) is 51.1 Å². The van der Waals surface area contributed by atoms with Gasteiger partial charge in [-0.3, -0.25) is 9.59 Å². The maximum atomic E-state index is 14.0. The Kier molecular flexibility index (Phi) is 7.32. The summed E-state index contributed by atoms with van der Waals surface area (Å²) in [7, 11) is 3.80. The van der Waals surface area contributed by atoms with Crippen LogP contribution in [0.15, 0.2) is 36.4 Å². The molecule has 0 radical (unpaired) electrons. The largest absolute Gasteiger partial charge is 0.459 e. The Morgan fingerprint density at radius 1 is 1.07 bits per heavy atom. The highest BCUT2D eigenvalue weighted by molar-refractivity contribution is 7.17. The smallest absolute Gasteiger partial charge is 0.326 e. The fourth-order valence-electron chi connectivity index (χ4n) is 2.52. The molecule has 0 aliphatic rings. The van der Waals surface area contributed by atoms with Crippen LogP contribution in [0.2, 0.25) is 0 Å². The van der Waals surface area contributed by atoms with Gasteiger partial charge in [0.05, 0.1) is 4.88 Å². The Labute approximate surface area is 169 Å². The van der Waals surface area contributed by atoms with Crippen LogP contribution < -0.4 is 0 Å². The molecule has 0 unspecified atom stereocenters. The van der Waals surface area contributed by atoms with E-state index in [-0.39, 0.29) is 18.3 Å². The first-order valence-electron chi connectivity index (χ1n) is 9.07. The zero-order valence-electron chi connectivity index (χ0n) is 17.0. The van der Waals surface area contributed by atoms with Gasteiger partial charge < -0.3 is 14.5 Å². The van der Waals surface area contributed by atoms with Crippen molar-refractivity contribution in [2.24, 2.45) is 0 Å². The van der Waals surface area contributed by atoms with Crippen LogP contribution in [-0.2, 0) is 9.53 Å². The summed E-state index contributed by atoms with van der Waals surface area (Å²) in [4.78, 5) is 29.8. The molecule has 1 aromatic heterocycles. The summed E-state index contributed by atoms with van der Waals surface area (Å²) in [5.41, 5.74) is -0.160. The van der Waals surface area contributed by atoms with Crippen LogP contribution in [0.25, 0.3) is 10.4 Å². The third-order valence-electron chi connectivity index (χ3n) is 3.80. The van der Waals surface area contributed by atoms with Crippen LogP contribution in [0.3, 0.4) is 0 Å². The fraction of sp³-hybridized carbons (Fsp3) is 0.429. The van der Waals surface area contributed by atoms with Gasteiger partial charge in [-0.05, 0) is 53.1 Å². The average molecular weight is 407 g/mol. The molecule has 0 N–H and O–H groups in total. The number of carbonyl (C=O) groups excluding carboxylic acids is 2. The molecule has 0 atom stereocenters. The summed E-state index contributed by atoms with van der Waals surface area (Å²) < 4.78 is 19.4. The number of carbonyl (C=O) groups is 2. The fourth-order valence-corrected chi connectivity index (χ4v) is 3.52. The number of halogens is 1. The lowest BCUT2D eigenvalue weighted by Crippen LogP contribution is -2.41. The third-order valence-corrected chi connectivity index (χ3v) is 4.91. The molecular formula is C21H27FN2O3S. The van der Waals surface area contributed by atoms with E-state index >= 15 is 0 Å². The third kappa shape index (κ3) is 6.42. The molecule has 28 heavy (non-hydrogen) atoms. The van der Waals surface area contributed by atoms with Crippen LogP contribution >= 0.6 is 11.3 Å². The number of likely N-dealkylation sites (N-methyl/N-ethyl adjacent to an activating group) is 1. The Balaban J connectivity index is 2.19. The van der Waals surface area contributed by atoms with Crippen molar-refractivity contribution in [2.75, 3.05) is 33.7 Å². The van der Waals surface area contributed by atoms with E-state index in [0.717, 1.165) is 0 Å². The van der Waals surface area contributed by atoms with E-state index in [0.29, 0.717) is 28.4 Å².